The van der Waals surface area contributed by atoms with Crippen molar-refractivity contribution in [3.8, 4) is 0 Å². The van der Waals surface area contributed by atoms with Crippen LogP contribution in [0.5, 0.6) is 0 Å². The molecule has 0 aliphatic carbocycles. The number of rotatable bonds is 11. The van der Waals surface area contributed by atoms with Crippen LogP contribution in [0, 0.1) is 26.7 Å². The largest absolute Gasteiger partial charge is 0.354 e. The molecule has 3 rings (SSSR count). The zero-order valence-corrected chi connectivity index (χ0v) is 26.6. The summed E-state index contributed by atoms with van der Waals surface area (Å²) in [6.45, 7) is 11.1. The second-order valence-electron chi connectivity index (χ2n) is 10.6. The molecule has 220 valence electrons. The molecule has 41 heavy (non-hydrogen) atoms. The lowest BCUT2D eigenvalue weighted by molar-refractivity contribution is -0.139. The van der Waals surface area contributed by atoms with E-state index >= 15 is 0 Å². The van der Waals surface area contributed by atoms with Crippen molar-refractivity contribution in [3.63, 3.8) is 0 Å². The number of aryl methyl sites for hydroxylation is 2. The minimum Gasteiger partial charge on any atom is -0.354 e. The van der Waals surface area contributed by atoms with Gasteiger partial charge in [0.1, 0.15) is 12.6 Å². The van der Waals surface area contributed by atoms with Gasteiger partial charge in [0.05, 0.1) is 20.6 Å². The van der Waals surface area contributed by atoms with Gasteiger partial charge in [0.15, 0.2) is 0 Å². The summed E-state index contributed by atoms with van der Waals surface area (Å²) < 4.78 is 29.2. The van der Waals surface area contributed by atoms with Gasteiger partial charge in [-0.15, -0.1) is 0 Å². The number of anilines is 1. The van der Waals surface area contributed by atoms with Crippen molar-refractivity contribution >= 4 is 50.7 Å². The summed E-state index contributed by atoms with van der Waals surface area (Å²) >= 11 is 12.3. The second kappa shape index (κ2) is 13.7. The molecule has 0 aromatic heterocycles. The first-order valence-electron chi connectivity index (χ1n) is 13.4. The summed E-state index contributed by atoms with van der Waals surface area (Å²) in [7, 11) is -4.14. The van der Waals surface area contributed by atoms with E-state index in [0.29, 0.717) is 27.8 Å². The number of hydrogen-bond acceptors (Lipinski definition) is 4. The van der Waals surface area contributed by atoms with Crippen LogP contribution in [0.15, 0.2) is 65.6 Å². The van der Waals surface area contributed by atoms with Crippen LogP contribution in [0.2, 0.25) is 10.0 Å². The Kier molecular flexibility index (Phi) is 10.9. The van der Waals surface area contributed by atoms with E-state index in [2.05, 4.69) is 5.32 Å². The lowest BCUT2D eigenvalue weighted by atomic mass is 10.1. The molecular formula is C31H37Cl2N3O4S. The SMILES string of the molecule is Cc1ccc(S(=O)(=O)N(CC(=O)N(Cc2ccc(Cl)c(Cl)c2)C(C)C(=O)NCC(C)C)c2cccc(C)c2C)cc1. The maximum atomic E-state index is 14.1. The molecule has 0 aliphatic heterocycles. The highest BCUT2D eigenvalue weighted by Crippen LogP contribution is 2.30. The summed E-state index contributed by atoms with van der Waals surface area (Å²) in [5.41, 5.74) is 3.57. The van der Waals surface area contributed by atoms with Gasteiger partial charge >= 0.3 is 0 Å². The van der Waals surface area contributed by atoms with Crippen LogP contribution in [0.25, 0.3) is 0 Å². The van der Waals surface area contributed by atoms with E-state index in [1.165, 1.54) is 17.0 Å². The number of nitrogens with zero attached hydrogens (tertiary/aromatic N) is 2. The Bertz CT molecular complexity index is 1510. The third kappa shape index (κ3) is 8.03. The Morgan fingerprint density at radius 1 is 0.902 bits per heavy atom. The fourth-order valence-electron chi connectivity index (χ4n) is 4.23. The lowest BCUT2D eigenvalue weighted by Gasteiger charge is -2.32. The van der Waals surface area contributed by atoms with E-state index in [0.717, 1.165) is 21.0 Å². The van der Waals surface area contributed by atoms with E-state index in [1.807, 2.05) is 40.7 Å². The topological polar surface area (TPSA) is 86.8 Å². The molecule has 0 saturated carbocycles. The molecule has 7 nitrogen and oxygen atoms in total. The molecule has 0 saturated heterocycles. The van der Waals surface area contributed by atoms with Crippen molar-refractivity contribution in [1.82, 2.24) is 10.2 Å². The van der Waals surface area contributed by atoms with E-state index in [9.17, 15) is 18.0 Å². The van der Waals surface area contributed by atoms with Crippen LogP contribution in [-0.4, -0.2) is 44.3 Å². The fourth-order valence-corrected chi connectivity index (χ4v) is 6.02. The third-order valence-electron chi connectivity index (χ3n) is 6.92. The average Bonchev–Trinajstić information content (AvgIpc) is 2.92. The second-order valence-corrected chi connectivity index (χ2v) is 13.3. The minimum atomic E-state index is -4.14. The number of benzene rings is 3. The smallest absolute Gasteiger partial charge is 0.264 e. The molecule has 0 fully saturated rings. The van der Waals surface area contributed by atoms with Crippen LogP contribution < -0.4 is 9.62 Å². The van der Waals surface area contributed by atoms with Crippen molar-refractivity contribution < 1.29 is 18.0 Å². The number of hydrogen-bond donors (Lipinski definition) is 1. The van der Waals surface area contributed by atoms with Gasteiger partial charge < -0.3 is 10.2 Å². The molecule has 3 aromatic rings. The fraction of sp³-hybridized carbons (Fsp3) is 0.355. The summed E-state index contributed by atoms with van der Waals surface area (Å²) in [6, 6.07) is 15.9. The molecule has 1 N–H and O–H groups in total. The quantitative estimate of drug-likeness (QED) is 0.273. The van der Waals surface area contributed by atoms with Gasteiger partial charge in [0.25, 0.3) is 10.0 Å². The molecule has 0 radical (unpaired) electrons. The maximum absolute atomic E-state index is 14.1. The number of nitrogens with one attached hydrogen (secondary N) is 1. The van der Waals surface area contributed by atoms with Crippen LogP contribution >= 0.6 is 23.2 Å². The lowest BCUT2D eigenvalue weighted by Crippen LogP contribution is -2.51. The molecule has 0 bridgehead atoms. The predicted molar refractivity (Wildman–Crippen MR) is 166 cm³/mol. The standard InChI is InChI=1S/C31H37Cl2N3O4S/c1-20(2)17-34-31(38)24(6)35(18-25-12-15-27(32)28(33)16-25)30(37)19-36(29-9-7-8-22(4)23(29)5)41(39,40)26-13-10-21(3)11-14-26/h7-16,20,24H,17-19H2,1-6H3,(H,34,38). The monoisotopic (exact) mass is 617 g/mol. The van der Waals surface area contributed by atoms with Crippen molar-refractivity contribution in [2.45, 2.75) is 59.0 Å². The number of sulfonamides is 1. The van der Waals surface area contributed by atoms with Crippen molar-refractivity contribution in [2.75, 3.05) is 17.4 Å². The van der Waals surface area contributed by atoms with E-state index < -0.39 is 28.5 Å². The van der Waals surface area contributed by atoms with Crippen molar-refractivity contribution in [1.29, 1.82) is 0 Å². The Labute approximate surface area is 253 Å². The van der Waals surface area contributed by atoms with E-state index in [4.69, 9.17) is 23.2 Å². The number of halogens is 2. The van der Waals surface area contributed by atoms with Crippen LogP contribution in [0.3, 0.4) is 0 Å². The molecule has 2 amide bonds. The van der Waals surface area contributed by atoms with Gasteiger partial charge in [-0.05, 0) is 80.6 Å². The van der Waals surface area contributed by atoms with Gasteiger partial charge in [-0.3, -0.25) is 13.9 Å². The molecular weight excluding hydrogens is 581 g/mol. The summed E-state index contributed by atoms with van der Waals surface area (Å²) in [4.78, 5) is 28.6. The molecule has 1 atom stereocenters. The molecule has 0 aliphatic rings. The third-order valence-corrected chi connectivity index (χ3v) is 9.43. The number of amides is 2. The zero-order chi connectivity index (χ0) is 30.5. The highest BCUT2D eigenvalue weighted by Gasteiger charge is 2.33. The van der Waals surface area contributed by atoms with Gasteiger partial charge in [-0.1, -0.05) is 72.9 Å². The van der Waals surface area contributed by atoms with Gasteiger partial charge in [-0.25, -0.2) is 8.42 Å². The molecule has 1 unspecified atom stereocenters. The zero-order valence-electron chi connectivity index (χ0n) is 24.2. The number of carbonyl (C=O) groups excluding carboxylic acids is 2. The van der Waals surface area contributed by atoms with Gasteiger partial charge in [-0.2, -0.15) is 0 Å². The Morgan fingerprint density at radius 2 is 1.56 bits per heavy atom. The molecule has 0 spiro atoms. The van der Waals surface area contributed by atoms with E-state index in [1.54, 1.807) is 49.4 Å². The Balaban J connectivity index is 2.07. The van der Waals surface area contributed by atoms with Gasteiger partial charge in [0.2, 0.25) is 11.8 Å². The number of carbonyl (C=O) groups is 2. The van der Waals surface area contributed by atoms with E-state index in [-0.39, 0.29) is 23.3 Å². The molecule has 0 heterocycles. The Morgan fingerprint density at radius 3 is 2.17 bits per heavy atom. The molecule has 10 heteroatoms. The summed E-state index contributed by atoms with van der Waals surface area (Å²) in [5, 5.41) is 3.55. The van der Waals surface area contributed by atoms with Crippen molar-refractivity contribution in [2.24, 2.45) is 5.92 Å². The minimum absolute atomic E-state index is 0.0250. The van der Waals surface area contributed by atoms with Crippen molar-refractivity contribution in [3.05, 3.63) is 93.0 Å². The normalized spacial score (nSPS) is 12.2. The summed E-state index contributed by atoms with van der Waals surface area (Å²) in [5.74, 6) is -0.670. The summed E-state index contributed by atoms with van der Waals surface area (Å²) in [6.07, 6.45) is 0. The average molecular weight is 619 g/mol. The molecule has 3 aromatic carbocycles. The van der Waals surface area contributed by atoms with Crippen LogP contribution in [0.1, 0.15) is 43.0 Å². The maximum Gasteiger partial charge on any atom is 0.264 e. The first-order valence-corrected chi connectivity index (χ1v) is 15.6. The highest BCUT2D eigenvalue weighted by atomic mass is 35.5. The first kappa shape index (κ1) is 32.4. The predicted octanol–water partition coefficient (Wildman–Crippen LogP) is 6.30. The Hall–Kier alpha value is -3.07. The highest BCUT2D eigenvalue weighted by molar-refractivity contribution is 7.92. The van der Waals surface area contributed by atoms with Crippen LogP contribution in [0.4, 0.5) is 5.69 Å². The first-order chi connectivity index (χ1) is 19.2. The van der Waals surface area contributed by atoms with Crippen LogP contribution in [-0.2, 0) is 26.2 Å². The van der Waals surface area contributed by atoms with Gasteiger partial charge in [0, 0.05) is 13.1 Å².